The Kier molecular flexibility index (Phi) is 4.37. The van der Waals surface area contributed by atoms with E-state index in [9.17, 15) is 9.59 Å². The van der Waals surface area contributed by atoms with Crippen molar-refractivity contribution in [3.05, 3.63) is 52.6 Å². The molecule has 24 heavy (non-hydrogen) atoms. The highest BCUT2D eigenvalue weighted by molar-refractivity contribution is 8.00. The largest absolute Gasteiger partial charge is 0.324 e. The van der Waals surface area contributed by atoms with Crippen LogP contribution in [-0.4, -0.2) is 17.1 Å². The smallest absolute Gasteiger partial charge is 0.255 e. The molecule has 0 saturated heterocycles. The first kappa shape index (κ1) is 16.6. The van der Waals surface area contributed by atoms with Crippen LogP contribution < -0.4 is 10.6 Å². The van der Waals surface area contributed by atoms with Gasteiger partial charge in [0.2, 0.25) is 5.91 Å². The lowest BCUT2D eigenvalue weighted by molar-refractivity contribution is -0.115. The molecule has 124 valence electrons. The number of carbonyl (C=O) groups excluding carboxylic acids is 2. The van der Waals surface area contributed by atoms with Crippen molar-refractivity contribution in [2.24, 2.45) is 0 Å². The van der Waals surface area contributed by atoms with Gasteiger partial charge in [-0.25, -0.2) is 0 Å². The highest BCUT2D eigenvalue weighted by Gasteiger charge is 2.23. The molecule has 3 rings (SSSR count). The van der Waals surface area contributed by atoms with Crippen molar-refractivity contribution < 1.29 is 9.59 Å². The van der Waals surface area contributed by atoms with Crippen molar-refractivity contribution >= 4 is 35.0 Å². The lowest BCUT2D eigenvalue weighted by Crippen LogP contribution is -2.26. The molecule has 1 atom stereocenters. The predicted octanol–water partition coefficient (Wildman–Crippen LogP) is 4.30. The summed E-state index contributed by atoms with van der Waals surface area (Å²) < 4.78 is 0. The molecule has 1 aliphatic rings. The van der Waals surface area contributed by atoms with Gasteiger partial charge in [0.1, 0.15) is 0 Å². The van der Waals surface area contributed by atoms with Crippen molar-refractivity contribution in [2.75, 3.05) is 10.6 Å². The summed E-state index contributed by atoms with van der Waals surface area (Å²) in [4.78, 5) is 25.4. The van der Waals surface area contributed by atoms with Gasteiger partial charge in [-0.2, -0.15) is 0 Å². The van der Waals surface area contributed by atoms with Crippen LogP contribution in [0.15, 0.2) is 35.2 Å². The highest BCUT2D eigenvalue weighted by atomic mass is 32.2. The van der Waals surface area contributed by atoms with E-state index in [2.05, 4.69) is 10.6 Å². The summed E-state index contributed by atoms with van der Waals surface area (Å²) in [5, 5.41) is 5.73. The van der Waals surface area contributed by atoms with Gasteiger partial charge in [-0.15, -0.1) is 11.8 Å². The first-order valence-corrected chi connectivity index (χ1v) is 8.74. The Morgan fingerprint density at radius 1 is 1.12 bits per heavy atom. The van der Waals surface area contributed by atoms with Crippen molar-refractivity contribution in [2.45, 2.75) is 37.8 Å². The van der Waals surface area contributed by atoms with E-state index in [1.165, 1.54) is 17.3 Å². The second-order valence-corrected chi connectivity index (χ2v) is 7.57. The van der Waals surface area contributed by atoms with Gasteiger partial charge in [-0.05, 0) is 57.0 Å². The number of carbonyl (C=O) groups is 2. The molecule has 0 radical (unpaired) electrons. The summed E-state index contributed by atoms with van der Waals surface area (Å²) in [5.41, 5.74) is 5.32. The maximum Gasteiger partial charge on any atom is 0.255 e. The molecule has 0 bridgehead atoms. The van der Waals surface area contributed by atoms with Crippen molar-refractivity contribution in [1.29, 1.82) is 0 Å². The fourth-order valence-corrected chi connectivity index (χ4v) is 3.84. The van der Waals surface area contributed by atoms with E-state index in [1.807, 2.05) is 45.9 Å². The number of benzene rings is 2. The normalized spacial score (nSPS) is 16.3. The molecular formula is C19H20N2O2S. The number of anilines is 2. The average molecular weight is 340 g/mol. The number of fused-ring (bicyclic) bond motifs is 1. The van der Waals surface area contributed by atoms with E-state index in [4.69, 9.17) is 0 Å². The Hall–Kier alpha value is -2.27. The van der Waals surface area contributed by atoms with Crippen LogP contribution in [0.25, 0.3) is 0 Å². The van der Waals surface area contributed by atoms with Crippen LogP contribution in [-0.2, 0) is 4.79 Å². The Morgan fingerprint density at radius 2 is 1.79 bits per heavy atom. The van der Waals surface area contributed by atoms with Gasteiger partial charge in [0, 0.05) is 16.1 Å². The molecule has 2 amide bonds. The van der Waals surface area contributed by atoms with E-state index in [0.717, 1.165) is 21.7 Å². The Balaban J connectivity index is 1.87. The summed E-state index contributed by atoms with van der Waals surface area (Å²) in [7, 11) is 0. The van der Waals surface area contributed by atoms with Crippen LogP contribution in [0.4, 0.5) is 11.4 Å². The topological polar surface area (TPSA) is 58.2 Å². The molecule has 0 spiro atoms. The third kappa shape index (κ3) is 3.17. The molecule has 1 heterocycles. The molecule has 1 aliphatic heterocycles. The third-order valence-electron chi connectivity index (χ3n) is 4.09. The molecular weight excluding hydrogens is 320 g/mol. The first-order valence-electron chi connectivity index (χ1n) is 7.86. The summed E-state index contributed by atoms with van der Waals surface area (Å²) >= 11 is 1.51. The fraction of sp³-hybridized carbons (Fsp3) is 0.263. The van der Waals surface area contributed by atoms with Crippen LogP contribution in [0.1, 0.15) is 34.0 Å². The van der Waals surface area contributed by atoms with Gasteiger partial charge in [0.25, 0.3) is 5.91 Å². The number of thioether (sulfide) groups is 1. The number of rotatable bonds is 2. The number of hydrogen-bond acceptors (Lipinski definition) is 3. The minimum absolute atomic E-state index is 0.0321. The monoisotopic (exact) mass is 340 g/mol. The quantitative estimate of drug-likeness (QED) is 0.857. The van der Waals surface area contributed by atoms with E-state index < -0.39 is 0 Å². The van der Waals surface area contributed by atoms with Gasteiger partial charge in [0.05, 0.1) is 10.9 Å². The molecule has 0 aliphatic carbocycles. The number of aryl methyl sites for hydroxylation is 3. The highest BCUT2D eigenvalue weighted by Crippen LogP contribution is 2.36. The minimum Gasteiger partial charge on any atom is -0.324 e. The Labute approximate surface area is 146 Å². The molecule has 0 unspecified atom stereocenters. The number of hydrogen-bond donors (Lipinski definition) is 2. The van der Waals surface area contributed by atoms with Gasteiger partial charge in [-0.3, -0.25) is 9.59 Å². The first-order chi connectivity index (χ1) is 11.3. The number of amides is 2. The van der Waals surface area contributed by atoms with Crippen LogP contribution in [0.2, 0.25) is 0 Å². The maximum absolute atomic E-state index is 12.6. The van der Waals surface area contributed by atoms with E-state index in [-0.39, 0.29) is 17.1 Å². The lowest BCUT2D eigenvalue weighted by atomic mass is 10.0. The van der Waals surface area contributed by atoms with Gasteiger partial charge < -0.3 is 10.6 Å². The van der Waals surface area contributed by atoms with Gasteiger partial charge >= 0.3 is 0 Å². The SMILES string of the molecule is Cc1cc(C)c(NC(=O)c2ccc3c(c2)NC(=O)[C@H](C)S3)c(C)c1. The van der Waals surface area contributed by atoms with Gasteiger partial charge in [-0.1, -0.05) is 17.7 Å². The fourth-order valence-electron chi connectivity index (χ4n) is 2.91. The van der Waals surface area contributed by atoms with Crippen LogP contribution >= 0.6 is 11.8 Å². The zero-order valence-corrected chi connectivity index (χ0v) is 15.0. The zero-order chi connectivity index (χ0) is 17.4. The van der Waals surface area contributed by atoms with E-state index in [1.54, 1.807) is 12.1 Å². The molecule has 0 fully saturated rings. The molecule has 4 nitrogen and oxygen atoms in total. The molecule has 2 aromatic carbocycles. The Morgan fingerprint density at radius 3 is 2.46 bits per heavy atom. The molecule has 2 aromatic rings. The standard InChI is InChI=1S/C19H20N2O2S/c1-10-7-11(2)17(12(3)8-10)21-19(23)14-5-6-16-15(9-14)20-18(22)13(4)24-16/h5-9,13H,1-4H3,(H,20,22)(H,21,23)/t13-/m0/s1. The summed E-state index contributed by atoms with van der Waals surface area (Å²) in [6.07, 6.45) is 0. The molecule has 5 heteroatoms. The van der Waals surface area contributed by atoms with Gasteiger partial charge in [0.15, 0.2) is 0 Å². The summed E-state index contributed by atoms with van der Waals surface area (Å²) in [5.74, 6) is -0.207. The lowest BCUT2D eigenvalue weighted by Gasteiger charge is -2.22. The second-order valence-electron chi connectivity index (χ2n) is 6.19. The van der Waals surface area contributed by atoms with Crippen LogP contribution in [0.3, 0.4) is 0 Å². The average Bonchev–Trinajstić information content (AvgIpc) is 2.51. The van der Waals surface area contributed by atoms with Crippen LogP contribution in [0.5, 0.6) is 0 Å². The second kappa shape index (κ2) is 6.32. The zero-order valence-electron chi connectivity index (χ0n) is 14.2. The van der Waals surface area contributed by atoms with E-state index in [0.29, 0.717) is 11.3 Å². The number of nitrogens with one attached hydrogen (secondary N) is 2. The molecule has 0 saturated carbocycles. The minimum atomic E-state index is -0.175. The van der Waals surface area contributed by atoms with E-state index >= 15 is 0 Å². The summed E-state index contributed by atoms with van der Waals surface area (Å²) in [6.45, 7) is 7.88. The van der Waals surface area contributed by atoms with Crippen molar-refractivity contribution in [3.8, 4) is 0 Å². The maximum atomic E-state index is 12.6. The Bertz CT molecular complexity index is 822. The van der Waals surface area contributed by atoms with Crippen LogP contribution in [0, 0.1) is 20.8 Å². The predicted molar refractivity (Wildman–Crippen MR) is 99.0 cm³/mol. The molecule has 0 aromatic heterocycles. The molecule has 2 N–H and O–H groups in total. The van der Waals surface area contributed by atoms with Crippen molar-refractivity contribution in [1.82, 2.24) is 0 Å². The van der Waals surface area contributed by atoms with Crippen molar-refractivity contribution in [3.63, 3.8) is 0 Å². The summed E-state index contributed by atoms with van der Waals surface area (Å²) in [6, 6.07) is 9.52. The third-order valence-corrected chi connectivity index (χ3v) is 5.27.